The average molecular weight is 226 g/mol. The summed E-state index contributed by atoms with van der Waals surface area (Å²) in [5.74, 6) is -0.340. The van der Waals surface area contributed by atoms with Crippen molar-refractivity contribution in [3.8, 4) is 6.07 Å². The number of aliphatic hydroxyl groups is 1. The van der Waals surface area contributed by atoms with Gasteiger partial charge in [0, 0.05) is 5.69 Å². The van der Waals surface area contributed by atoms with E-state index in [0.29, 0.717) is 11.3 Å². The highest BCUT2D eigenvalue weighted by molar-refractivity contribution is 7.92. The zero-order valence-corrected chi connectivity index (χ0v) is 8.66. The molecule has 0 unspecified atom stereocenters. The molecular formula is C9H10N2O3S. The third-order valence-electron chi connectivity index (χ3n) is 1.65. The molecule has 0 atom stereocenters. The minimum absolute atomic E-state index is 0.340. The van der Waals surface area contributed by atoms with Crippen molar-refractivity contribution in [1.29, 1.82) is 5.26 Å². The van der Waals surface area contributed by atoms with Gasteiger partial charge in [-0.15, -0.1) is 0 Å². The third kappa shape index (κ3) is 3.58. The number of aliphatic hydroxyl groups excluding tert-OH is 1. The van der Waals surface area contributed by atoms with E-state index in [1.807, 2.05) is 6.07 Å². The van der Waals surface area contributed by atoms with Gasteiger partial charge in [-0.2, -0.15) is 5.26 Å². The van der Waals surface area contributed by atoms with Crippen LogP contribution in [-0.4, -0.2) is 25.9 Å². The number of nitriles is 1. The molecular weight excluding hydrogens is 216 g/mol. The maximum atomic E-state index is 11.2. The molecule has 0 amide bonds. The molecule has 5 nitrogen and oxygen atoms in total. The Labute approximate surface area is 88.0 Å². The molecule has 0 spiro atoms. The molecule has 0 bridgehead atoms. The molecule has 0 saturated carbocycles. The highest BCUT2D eigenvalue weighted by Gasteiger charge is 2.08. The fraction of sp³-hybridized carbons (Fsp3) is 0.222. The van der Waals surface area contributed by atoms with E-state index in [9.17, 15) is 8.42 Å². The fourth-order valence-corrected chi connectivity index (χ4v) is 1.80. The zero-order chi connectivity index (χ0) is 11.3. The number of hydrogen-bond donors (Lipinski definition) is 2. The molecule has 0 saturated heterocycles. The topological polar surface area (TPSA) is 90.2 Å². The lowest BCUT2D eigenvalue weighted by molar-refractivity contribution is 0.320. The average Bonchev–Trinajstić information content (AvgIpc) is 2.18. The van der Waals surface area contributed by atoms with Crippen LogP contribution in [0.15, 0.2) is 24.3 Å². The van der Waals surface area contributed by atoms with Gasteiger partial charge < -0.3 is 5.11 Å². The fourth-order valence-electron chi connectivity index (χ4n) is 0.964. The first-order chi connectivity index (χ1) is 7.07. The first kappa shape index (κ1) is 11.5. The van der Waals surface area contributed by atoms with Crippen LogP contribution in [0.2, 0.25) is 0 Å². The van der Waals surface area contributed by atoms with E-state index < -0.39 is 16.6 Å². The van der Waals surface area contributed by atoms with Crippen LogP contribution in [0.1, 0.15) is 5.56 Å². The first-order valence-electron chi connectivity index (χ1n) is 4.19. The van der Waals surface area contributed by atoms with Crippen LogP contribution >= 0.6 is 0 Å². The van der Waals surface area contributed by atoms with E-state index >= 15 is 0 Å². The van der Waals surface area contributed by atoms with Crippen LogP contribution in [0.3, 0.4) is 0 Å². The van der Waals surface area contributed by atoms with E-state index in [1.54, 1.807) is 0 Å². The Hall–Kier alpha value is -1.58. The number of hydrogen-bond acceptors (Lipinski definition) is 4. The molecule has 1 aromatic rings. The van der Waals surface area contributed by atoms with Crippen LogP contribution in [0.25, 0.3) is 0 Å². The lowest BCUT2D eigenvalue weighted by Crippen LogP contribution is -2.18. The van der Waals surface area contributed by atoms with Crippen LogP contribution in [0.4, 0.5) is 5.69 Å². The molecule has 80 valence electrons. The lowest BCUT2D eigenvalue weighted by Gasteiger charge is -2.05. The monoisotopic (exact) mass is 226 g/mol. The number of sulfonamides is 1. The van der Waals surface area contributed by atoms with Crippen molar-refractivity contribution >= 4 is 15.7 Å². The Morgan fingerprint density at radius 3 is 2.40 bits per heavy atom. The van der Waals surface area contributed by atoms with Gasteiger partial charge in [-0.25, -0.2) is 8.42 Å². The zero-order valence-electron chi connectivity index (χ0n) is 7.84. The molecule has 0 aromatic heterocycles. The van der Waals surface area contributed by atoms with Crippen molar-refractivity contribution in [3.05, 3.63) is 29.8 Å². The second-order valence-corrected chi connectivity index (χ2v) is 4.68. The third-order valence-corrected chi connectivity index (χ3v) is 2.91. The molecule has 2 N–H and O–H groups in total. The molecule has 0 heterocycles. The molecule has 0 aliphatic heterocycles. The number of anilines is 1. The van der Waals surface area contributed by atoms with Crippen molar-refractivity contribution in [2.45, 2.75) is 0 Å². The lowest BCUT2D eigenvalue weighted by atomic mass is 10.2. The molecule has 0 aliphatic carbocycles. The van der Waals surface area contributed by atoms with Crippen LogP contribution < -0.4 is 4.72 Å². The Bertz CT molecular complexity index is 459. The first-order valence-corrected chi connectivity index (χ1v) is 5.84. The van der Waals surface area contributed by atoms with E-state index in [2.05, 4.69) is 4.72 Å². The standard InChI is InChI=1S/C9H10N2O3S/c10-7-8-1-3-9(4-2-8)11-15(13,14)6-5-12/h1-4,11-12H,5-6H2. The summed E-state index contributed by atoms with van der Waals surface area (Å²) in [6.07, 6.45) is 0. The summed E-state index contributed by atoms with van der Waals surface area (Å²) in [5, 5.41) is 17.0. The predicted octanol–water partition coefficient (Wildman–Crippen LogP) is 0.292. The Balaban J connectivity index is 2.78. The van der Waals surface area contributed by atoms with Crippen molar-refractivity contribution in [1.82, 2.24) is 0 Å². The summed E-state index contributed by atoms with van der Waals surface area (Å²) < 4.78 is 24.7. The molecule has 15 heavy (non-hydrogen) atoms. The summed E-state index contributed by atoms with van der Waals surface area (Å²) in [7, 11) is -3.49. The molecule has 0 fully saturated rings. The van der Waals surface area contributed by atoms with E-state index in [-0.39, 0.29) is 5.75 Å². The summed E-state index contributed by atoms with van der Waals surface area (Å²) in [6.45, 7) is -0.425. The Morgan fingerprint density at radius 1 is 1.33 bits per heavy atom. The minimum atomic E-state index is -3.49. The number of benzene rings is 1. The molecule has 0 radical (unpaired) electrons. The Kier molecular flexibility index (Phi) is 3.66. The van der Waals surface area contributed by atoms with Crippen molar-refractivity contribution in [2.24, 2.45) is 0 Å². The number of nitrogens with zero attached hydrogens (tertiary/aromatic N) is 1. The molecule has 6 heteroatoms. The Morgan fingerprint density at radius 2 is 1.93 bits per heavy atom. The minimum Gasteiger partial charge on any atom is -0.395 e. The van der Waals surface area contributed by atoms with E-state index in [1.165, 1.54) is 24.3 Å². The molecule has 1 aromatic carbocycles. The van der Waals surface area contributed by atoms with Gasteiger partial charge in [0.05, 0.1) is 24.0 Å². The van der Waals surface area contributed by atoms with Crippen molar-refractivity contribution < 1.29 is 13.5 Å². The maximum absolute atomic E-state index is 11.2. The smallest absolute Gasteiger partial charge is 0.234 e. The van der Waals surface area contributed by atoms with E-state index in [0.717, 1.165) is 0 Å². The predicted molar refractivity (Wildman–Crippen MR) is 55.7 cm³/mol. The van der Waals surface area contributed by atoms with Gasteiger partial charge in [0.1, 0.15) is 0 Å². The summed E-state index contributed by atoms with van der Waals surface area (Å²) in [4.78, 5) is 0. The molecule has 1 rings (SSSR count). The number of rotatable bonds is 4. The maximum Gasteiger partial charge on any atom is 0.234 e. The van der Waals surface area contributed by atoms with E-state index in [4.69, 9.17) is 10.4 Å². The van der Waals surface area contributed by atoms with Crippen LogP contribution in [0.5, 0.6) is 0 Å². The quantitative estimate of drug-likeness (QED) is 0.772. The second-order valence-electron chi connectivity index (χ2n) is 2.83. The van der Waals surface area contributed by atoms with Gasteiger partial charge in [-0.05, 0) is 24.3 Å². The SMILES string of the molecule is N#Cc1ccc(NS(=O)(=O)CCO)cc1. The largest absolute Gasteiger partial charge is 0.395 e. The van der Waals surface area contributed by atoms with Crippen molar-refractivity contribution in [3.63, 3.8) is 0 Å². The van der Waals surface area contributed by atoms with Gasteiger partial charge in [0.25, 0.3) is 0 Å². The van der Waals surface area contributed by atoms with Gasteiger partial charge in [0.15, 0.2) is 0 Å². The summed E-state index contributed by atoms with van der Waals surface area (Å²) in [5.41, 5.74) is 0.836. The highest BCUT2D eigenvalue weighted by atomic mass is 32.2. The number of nitrogens with one attached hydrogen (secondary N) is 1. The van der Waals surface area contributed by atoms with Crippen LogP contribution in [0, 0.1) is 11.3 Å². The highest BCUT2D eigenvalue weighted by Crippen LogP contribution is 2.10. The van der Waals surface area contributed by atoms with Gasteiger partial charge in [-0.1, -0.05) is 0 Å². The van der Waals surface area contributed by atoms with Crippen molar-refractivity contribution in [2.75, 3.05) is 17.1 Å². The van der Waals surface area contributed by atoms with Gasteiger partial charge in [0.2, 0.25) is 10.0 Å². The molecule has 0 aliphatic rings. The second kappa shape index (κ2) is 4.77. The normalized spacial score (nSPS) is 10.7. The summed E-state index contributed by atoms with van der Waals surface area (Å²) in [6, 6.07) is 7.93. The summed E-state index contributed by atoms with van der Waals surface area (Å²) >= 11 is 0. The van der Waals surface area contributed by atoms with Gasteiger partial charge in [-0.3, -0.25) is 4.72 Å². The van der Waals surface area contributed by atoms with Crippen LogP contribution in [-0.2, 0) is 10.0 Å². The van der Waals surface area contributed by atoms with Gasteiger partial charge >= 0.3 is 0 Å².